The Kier molecular flexibility index (Phi) is 5.56. The van der Waals surface area contributed by atoms with E-state index < -0.39 is 0 Å². The van der Waals surface area contributed by atoms with E-state index in [1.807, 2.05) is 48.5 Å². The molecular weight excluding hydrogens is 338 g/mol. The molecule has 0 atom stereocenters. The van der Waals surface area contributed by atoms with Crippen molar-refractivity contribution in [3.8, 4) is 0 Å². The number of aromatic nitrogens is 2. The lowest BCUT2D eigenvalue weighted by Crippen LogP contribution is -2.26. The molecule has 2 N–H and O–H groups in total. The van der Waals surface area contributed by atoms with Gasteiger partial charge < -0.3 is 10.3 Å². The van der Waals surface area contributed by atoms with E-state index in [1.165, 1.54) is 0 Å². The Balaban J connectivity index is 1.44. The summed E-state index contributed by atoms with van der Waals surface area (Å²) < 4.78 is 1.70. The van der Waals surface area contributed by atoms with Gasteiger partial charge in [-0.2, -0.15) is 0 Å². The summed E-state index contributed by atoms with van der Waals surface area (Å²) in [6.45, 7) is 1.11. The third kappa shape index (κ3) is 4.51. The summed E-state index contributed by atoms with van der Waals surface area (Å²) >= 11 is 5.93. The topological polar surface area (TPSA) is 66.9 Å². The number of aromatic amines is 1. The molecule has 130 valence electrons. The highest BCUT2D eigenvalue weighted by molar-refractivity contribution is 6.30. The fourth-order valence-electron chi connectivity index (χ4n) is 2.83. The average molecular weight is 358 g/mol. The Morgan fingerprint density at radius 3 is 2.84 bits per heavy atom. The van der Waals surface area contributed by atoms with Crippen molar-refractivity contribution in [2.24, 2.45) is 0 Å². The van der Waals surface area contributed by atoms with Crippen LogP contribution >= 0.6 is 11.6 Å². The molecule has 0 aliphatic heterocycles. The van der Waals surface area contributed by atoms with E-state index in [2.05, 4.69) is 10.3 Å². The molecule has 0 aliphatic rings. The van der Waals surface area contributed by atoms with Gasteiger partial charge in [-0.3, -0.25) is 9.36 Å². The van der Waals surface area contributed by atoms with E-state index >= 15 is 0 Å². The molecule has 25 heavy (non-hydrogen) atoms. The number of imidazole rings is 1. The predicted molar refractivity (Wildman–Crippen MR) is 100.0 cm³/mol. The molecule has 0 radical (unpaired) electrons. The van der Waals surface area contributed by atoms with Crippen LogP contribution in [0.3, 0.4) is 0 Å². The van der Waals surface area contributed by atoms with Crippen LogP contribution in [0.15, 0.2) is 53.3 Å². The Bertz CT molecular complexity index is 930. The van der Waals surface area contributed by atoms with Crippen molar-refractivity contribution in [2.45, 2.75) is 25.8 Å². The van der Waals surface area contributed by atoms with Crippen LogP contribution in [0.1, 0.15) is 18.4 Å². The predicted octanol–water partition coefficient (Wildman–Crippen LogP) is 3.12. The first-order valence-corrected chi connectivity index (χ1v) is 8.70. The average Bonchev–Trinajstić information content (AvgIpc) is 2.92. The highest BCUT2D eigenvalue weighted by Crippen LogP contribution is 2.12. The number of nitrogens with zero attached hydrogens (tertiary/aromatic N) is 1. The van der Waals surface area contributed by atoms with Gasteiger partial charge in [-0.15, -0.1) is 0 Å². The molecule has 0 saturated heterocycles. The lowest BCUT2D eigenvalue weighted by Gasteiger charge is -2.07. The van der Waals surface area contributed by atoms with Gasteiger partial charge in [0.25, 0.3) is 0 Å². The lowest BCUT2D eigenvalue weighted by atomic mass is 10.1. The maximum Gasteiger partial charge on any atom is 0.326 e. The number of nitrogens with one attached hydrogen (secondary N) is 2. The van der Waals surface area contributed by atoms with E-state index in [-0.39, 0.29) is 11.6 Å². The summed E-state index contributed by atoms with van der Waals surface area (Å²) in [6.07, 6.45) is 1.78. The summed E-state index contributed by atoms with van der Waals surface area (Å²) in [5.74, 6) is 0.00579. The number of rotatable bonds is 7. The van der Waals surface area contributed by atoms with Crippen LogP contribution < -0.4 is 11.0 Å². The van der Waals surface area contributed by atoms with Crippen LogP contribution in [0.2, 0.25) is 5.02 Å². The van der Waals surface area contributed by atoms with Crippen LogP contribution in [0.5, 0.6) is 0 Å². The first-order valence-electron chi connectivity index (χ1n) is 8.32. The molecule has 1 heterocycles. The maximum atomic E-state index is 12.0. The monoisotopic (exact) mass is 357 g/mol. The first kappa shape index (κ1) is 17.3. The number of amides is 1. The molecule has 0 fully saturated rings. The van der Waals surface area contributed by atoms with Crippen LogP contribution in [0.4, 0.5) is 0 Å². The Hall–Kier alpha value is -2.53. The molecule has 0 bridgehead atoms. The molecule has 0 unspecified atom stereocenters. The third-order valence-electron chi connectivity index (χ3n) is 4.09. The minimum absolute atomic E-state index is 0.00579. The van der Waals surface area contributed by atoms with Crippen molar-refractivity contribution >= 4 is 28.5 Å². The molecule has 2 aromatic carbocycles. The van der Waals surface area contributed by atoms with E-state index in [0.717, 1.165) is 16.6 Å². The van der Waals surface area contributed by atoms with Crippen molar-refractivity contribution in [1.29, 1.82) is 0 Å². The van der Waals surface area contributed by atoms with Crippen molar-refractivity contribution < 1.29 is 4.79 Å². The zero-order valence-electron chi connectivity index (χ0n) is 13.8. The zero-order chi connectivity index (χ0) is 17.6. The highest BCUT2D eigenvalue weighted by atomic mass is 35.5. The summed E-state index contributed by atoms with van der Waals surface area (Å²) in [7, 11) is 0. The van der Waals surface area contributed by atoms with Crippen LogP contribution in [0.25, 0.3) is 11.0 Å². The van der Waals surface area contributed by atoms with Gasteiger partial charge in [0, 0.05) is 24.5 Å². The number of halogens is 1. The van der Waals surface area contributed by atoms with Gasteiger partial charge in [0.2, 0.25) is 5.91 Å². The smallest absolute Gasteiger partial charge is 0.326 e. The highest BCUT2D eigenvalue weighted by Gasteiger charge is 2.06. The number of carbonyl (C=O) groups excluding carboxylic acids is 1. The van der Waals surface area contributed by atoms with Crippen molar-refractivity contribution in [3.63, 3.8) is 0 Å². The minimum atomic E-state index is -0.117. The third-order valence-corrected chi connectivity index (χ3v) is 4.33. The first-order chi connectivity index (χ1) is 12.1. The fourth-order valence-corrected chi connectivity index (χ4v) is 3.05. The summed E-state index contributed by atoms with van der Waals surface area (Å²) in [5.41, 5.74) is 2.65. The Morgan fingerprint density at radius 2 is 2.00 bits per heavy atom. The minimum Gasteiger partial charge on any atom is -0.356 e. The number of hydrogen-bond acceptors (Lipinski definition) is 2. The second kappa shape index (κ2) is 8.03. The van der Waals surface area contributed by atoms with Crippen molar-refractivity contribution in [2.75, 3.05) is 6.54 Å². The SMILES string of the molecule is O=C(CCc1cccc(Cl)c1)NCCCn1c(=O)[nH]c2ccccc21. The van der Waals surface area contributed by atoms with Crippen LogP contribution in [-0.2, 0) is 17.8 Å². The molecule has 3 aromatic rings. The zero-order valence-corrected chi connectivity index (χ0v) is 14.6. The van der Waals surface area contributed by atoms with Crippen molar-refractivity contribution in [3.05, 3.63) is 69.6 Å². The van der Waals surface area contributed by atoms with Gasteiger partial charge in [0.15, 0.2) is 0 Å². The molecule has 6 heteroatoms. The number of H-pyrrole nitrogens is 1. The van der Waals surface area contributed by atoms with Crippen LogP contribution in [-0.4, -0.2) is 22.0 Å². The quantitative estimate of drug-likeness (QED) is 0.638. The molecule has 0 spiro atoms. The standard InChI is InChI=1S/C19H20ClN3O2/c20-15-6-3-5-14(13-15)9-10-18(24)21-11-4-12-23-17-8-2-1-7-16(17)22-19(23)25/h1-3,5-8,13H,4,9-12H2,(H,21,24)(H,22,25). The molecule has 1 aromatic heterocycles. The Labute approximate surface area is 150 Å². The Morgan fingerprint density at radius 1 is 1.16 bits per heavy atom. The molecule has 3 rings (SSSR count). The summed E-state index contributed by atoms with van der Waals surface area (Å²) in [5, 5.41) is 3.58. The molecular formula is C19H20ClN3O2. The number of fused-ring (bicyclic) bond motifs is 1. The van der Waals surface area contributed by atoms with Gasteiger partial charge in [-0.25, -0.2) is 4.79 Å². The van der Waals surface area contributed by atoms with Gasteiger partial charge >= 0.3 is 5.69 Å². The second-order valence-corrected chi connectivity index (χ2v) is 6.37. The summed E-state index contributed by atoms with van der Waals surface area (Å²) in [6, 6.07) is 15.1. The van der Waals surface area contributed by atoms with E-state index in [0.29, 0.717) is 37.4 Å². The summed E-state index contributed by atoms with van der Waals surface area (Å²) in [4.78, 5) is 26.7. The molecule has 1 amide bonds. The normalized spacial score (nSPS) is 10.9. The fraction of sp³-hybridized carbons (Fsp3) is 0.263. The maximum absolute atomic E-state index is 12.0. The molecule has 0 aliphatic carbocycles. The number of benzene rings is 2. The molecule has 0 saturated carbocycles. The number of aryl methyl sites for hydroxylation is 2. The largest absolute Gasteiger partial charge is 0.356 e. The number of hydrogen-bond donors (Lipinski definition) is 2. The number of carbonyl (C=O) groups is 1. The van der Waals surface area contributed by atoms with Gasteiger partial charge in [-0.05, 0) is 42.7 Å². The lowest BCUT2D eigenvalue weighted by molar-refractivity contribution is -0.121. The number of para-hydroxylation sites is 2. The molecule has 5 nitrogen and oxygen atoms in total. The van der Waals surface area contributed by atoms with Crippen LogP contribution in [0, 0.1) is 0 Å². The van der Waals surface area contributed by atoms with Gasteiger partial charge in [0.05, 0.1) is 11.0 Å². The van der Waals surface area contributed by atoms with E-state index in [1.54, 1.807) is 4.57 Å². The van der Waals surface area contributed by atoms with E-state index in [4.69, 9.17) is 11.6 Å². The second-order valence-electron chi connectivity index (χ2n) is 5.93. The van der Waals surface area contributed by atoms with Gasteiger partial charge in [0.1, 0.15) is 0 Å². The van der Waals surface area contributed by atoms with E-state index in [9.17, 15) is 9.59 Å². The van der Waals surface area contributed by atoms with Crippen molar-refractivity contribution in [1.82, 2.24) is 14.9 Å². The van der Waals surface area contributed by atoms with Gasteiger partial charge in [-0.1, -0.05) is 35.9 Å².